The molecule has 2 aromatic heterocycles. The molecule has 1 saturated carbocycles. The first-order chi connectivity index (χ1) is 12.1. The Balaban J connectivity index is 1.53. The number of hydrogen-bond donors (Lipinski definition) is 1. The van der Waals surface area contributed by atoms with Crippen LogP contribution in [0.3, 0.4) is 0 Å². The third-order valence-corrected chi connectivity index (χ3v) is 4.95. The summed E-state index contributed by atoms with van der Waals surface area (Å²) in [5.41, 5.74) is 2.65. The maximum atomic E-state index is 12.8. The first-order valence-electron chi connectivity index (χ1n) is 8.56. The van der Waals surface area contributed by atoms with E-state index in [1.165, 1.54) is 0 Å². The molecule has 1 amide bonds. The molecule has 0 radical (unpaired) electrons. The summed E-state index contributed by atoms with van der Waals surface area (Å²) >= 11 is 0. The van der Waals surface area contributed by atoms with Gasteiger partial charge < -0.3 is 19.3 Å². The normalized spacial score (nSPS) is 18.3. The maximum absolute atomic E-state index is 12.8. The van der Waals surface area contributed by atoms with E-state index in [1.807, 2.05) is 10.7 Å². The Kier molecular flexibility index (Phi) is 4.09. The van der Waals surface area contributed by atoms with Gasteiger partial charge in [0.25, 0.3) is 5.91 Å². The quantitative estimate of drug-likeness (QED) is 0.880. The zero-order valence-corrected chi connectivity index (χ0v) is 14.4. The van der Waals surface area contributed by atoms with Crippen LogP contribution in [0.15, 0.2) is 10.6 Å². The zero-order valence-electron chi connectivity index (χ0n) is 14.4. The lowest BCUT2D eigenvalue weighted by atomic mass is 10.1. The molecule has 1 atom stereocenters. The Morgan fingerprint density at radius 2 is 2.28 bits per heavy atom. The number of aliphatic hydroxyl groups excluding tert-OH is 1. The van der Waals surface area contributed by atoms with Crippen LogP contribution in [-0.4, -0.2) is 44.5 Å². The number of aliphatic hydroxyl groups is 1. The van der Waals surface area contributed by atoms with Crippen LogP contribution in [0.25, 0.3) is 0 Å². The number of methoxy groups -OCH3 is 1. The van der Waals surface area contributed by atoms with Crippen LogP contribution in [0.2, 0.25) is 0 Å². The number of ether oxygens (including phenoxy) is 1. The SMILES string of the molecule is COCc1c(C(=O)N2CCn3nc(C(O)C4CC4)cc3C2)noc1C. The summed E-state index contributed by atoms with van der Waals surface area (Å²) in [6.07, 6.45) is 1.62. The van der Waals surface area contributed by atoms with Crippen molar-refractivity contribution in [2.75, 3.05) is 13.7 Å². The minimum absolute atomic E-state index is 0.166. The summed E-state index contributed by atoms with van der Waals surface area (Å²) in [7, 11) is 1.58. The molecule has 1 aliphatic carbocycles. The van der Waals surface area contributed by atoms with Crippen LogP contribution < -0.4 is 0 Å². The summed E-state index contributed by atoms with van der Waals surface area (Å²) in [4.78, 5) is 14.6. The average molecular weight is 346 g/mol. The molecule has 8 heteroatoms. The Morgan fingerprint density at radius 3 is 3.00 bits per heavy atom. The van der Waals surface area contributed by atoms with Gasteiger partial charge >= 0.3 is 0 Å². The summed E-state index contributed by atoms with van der Waals surface area (Å²) in [6, 6.07) is 1.91. The van der Waals surface area contributed by atoms with Crippen molar-refractivity contribution in [3.05, 3.63) is 34.5 Å². The highest BCUT2D eigenvalue weighted by Crippen LogP contribution is 2.40. The molecule has 0 bridgehead atoms. The van der Waals surface area contributed by atoms with E-state index >= 15 is 0 Å². The van der Waals surface area contributed by atoms with E-state index < -0.39 is 6.10 Å². The number of aryl methyl sites for hydroxylation is 1. The molecule has 3 heterocycles. The van der Waals surface area contributed by atoms with Crippen molar-refractivity contribution in [2.24, 2.45) is 5.92 Å². The Bertz CT molecular complexity index is 793. The van der Waals surface area contributed by atoms with Crippen LogP contribution in [0.4, 0.5) is 0 Å². The number of nitrogens with zero attached hydrogens (tertiary/aromatic N) is 4. The highest BCUT2D eigenvalue weighted by Gasteiger charge is 2.34. The third-order valence-electron chi connectivity index (χ3n) is 4.95. The van der Waals surface area contributed by atoms with E-state index in [2.05, 4.69) is 10.3 Å². The minimum Gasteiger partial charge on any atom is -0.386 e. The molecule has 0 aromatic carbocycles. The fourth-order valence-electron chi connectivity index (χ4n) is 3.28. The molecule has 134 valence electrons. The average Bonchev–Trinajstić information content (AvgIpc) is 3.28. The molecule has 8 nitrogen and oxygen atoms in total. The van der Waals surface area contributed by atoms with Gasteiger partial charge in [-0.1, -0.05) is 5.16 Å². The minimum atomic E-state index is -0.492. The van der Waals surface area contributed by atoms with Crippen molar-refractivity contribution in [3.8, 4) is 0 Å². The van der Waals surface area contributed by atoms with Gasteiger partial charge in [0.1, 0.15) is 11.9 Å². The number of carbonyl (C=O) groups excluding carboxylic acids is 1. The lowest BCUT2D eigenvalue weighted by Crippen LogP contribution is -2.39. The molecule has 2 aromatic rings. The van der Waals surface area contributed by atoms with Crippen molar-refractivity contribution in [2.45, 2.75) is 45.6 Å². The number of hydrogen-bond acceptors (Lipinski definition) is 6. The highest BCUT2D eigenvalue weighted by atomic mass is 16.5. The van der Waals surface area contributed by atoms with Gasteiger partial charge in [0, 0.05) is 13.7 Å². The predicted octanol–water partition coefficient (Wildman–Crippen LogP) is 1.43. The van der Waals surface area contributed by atoms with Crippen molar-refractivity contribution in [1.29, 1.82) is 0 Å². The standard InChI is InChI=1S/C17H22N4O4/c1-10-13(9-24-2)15(19-25-10)17(23)20-5-6-21-12(8-20)7-14(18-21)16(22)11-3-4-11/h7,11,16,22H,3-6,8-9H2,1-2H3. The molecule has 1 unspecified atom stereocenters. The Morgan fingerprint density at radius 1 is 1.48 bits per heavy atom. The lowest BCUT2D eigenvalue weighted by Gasteiger charge is -2.27. The number of aromatic nitrogens is 3. The third kappa shape index (κ3) is 2.96. The van der Waals surface area contributed by atoms with Gasteiger partial charge in [-0.05, 0) is 31.7 Å². The molecule has 1 aliphatic heterocycles. The molecular formula is C17H22N4O4. The van der Waals surface area contributed by atoms with Gasteiger partial charge in [-0.25, -0.2) is 0 Å². The van der Waals surface area contributed by atoms with Crippen LogP contribution >= 0.6 is 0 Å². The van der Waals surface area contributed by atoms with Crippen LogP contribution in [0.5, 0.6) is 0 Å². The second-order valence-electron chi connectivity index (χ2n) is 6.79. The Hall–Kier alpha value is -2.19. The van der Waals surface area contributed by atoms with Crippen molar-refractivity contribution in [3.63, 3.8) is 0 Å². The van der Waals surface area contributed by atoms with E-state index in [4.69, 9.17) is 9.26 Å². The molecule has 0 saturated heterocycles. The summed E-state index contributed by atoms with van der Waals surface area (Å²) in [5, 5.41) is 18.7. The van der Waals surface area contributed by atoms with Gasteiger partial charge in [-0.2, -0.15) is 5.10 Å². The van der Waals surface area contributed by atoms with Gasteiger partial charge in [0.05, 0.1) is 36.6 Å². The molecule has 1 N–H and O–H groups in total. The van der Waals surface area contributed by atoms with Gasteiger partial charge in [0.15, 0.2) is 5.69 Å². The van der Waals surface area contributed by atoms with E-state index in [1.54, 1.807) is 18.9 Å². The van der Waals surface area contributed by atoms with Crippen molar-refractivity contribution >= 4 is 5.91 Å². The monoisotopic (exact) mass is 346 g/mol. The fraction of sp³-hybridized carbons (Fsp3) is 0.588. The number of fused-ring (bicyclic) bond motifs is 1. The second kappa shape index (κ2) is 6.27. The number of amides is 1. The second-order valence-corrected chi connectivity index (χ2v) is 6.79. The van der Waals surface area contributed by atoms with Gasteiger partial charge in [-0.3, -0.25) is 9.48 Å². The number of rotatable bonds is 5. The van der Waals surface area contributed by atoms with Gasteiger partial charge in [-0.15, -0.1) is 0 Å². The van der Waals surface area contributed by atoms with Crippen LogP contribution in [0.1, 0.15) is 52.1 Å². The Labute approximate surface area is 145 Å². The predicted molar refractivity (Wildman–Crippen MR) is 86.6 cm³/mol. The molecule has 25 heavy (non-hydrogen) atoms. The van der Waals surface area contributed by atoms with Crippen molar-refractivity contribution in [1.82, 2.24) is 19.8 Å². The first kappa shape index (κ1) is 16.3. The van der Waals surface area contributed by atoms with Crippen LogP contribution in [0, 0.1) is 12.8 Å². The topological polar surface area (TPSA) is 93.6 Å². The van der Waals surface area contributed by atoms with E-state index in [0.717, 1.165) is 18.5 Å². The fourth-order valence-corrected chi connectivity index (χ4v) is 3.28. The van der Waals surface area contributed by atoms with E-state index in [-0.39, 0.29) is 5.91 Å². The number of carbonyl (C=O) groups is 1. The summed E-state index contributed by atoms with van der Waals surface area (Å²) < 4.78 is 12.2. The summed E-state index contributed by atoms with van der Waals surface area (Å²) in [5.74, 6) is 0.770. The van der Waals surface area contributed by atoms with Crippen LogP contribution in [-0.2, 0) is 24.4 Å². The first-order valence-corrected chi connectivity index (χ1v) is 8.56. The smallest absolute Gasteiger partial charge is 0.276 e. The molecule has 1 fully saturated rings. The molecular weight excluding hydrogens is 324 g/mol. The molecule has 2 aliphatic rings. The molecule has 0 spiro atoms. The van der Waals surface area contributed by atoms with Gasteiger partial charge in [0.2, 0.25) is 0 Å². The highest BCUT2D eigenvalue weighted by molar-refractivity contribution is 5.93. The maximum Gasteiger partial charge on any atom is 0.276 e. The van der Waals surface area contributed by atoms with E-state index in [9.17, 15) is 9.90 Å². The molecule has 4 rings (SSSR count). The largest absolute Gasteiger partial charge is 0.386 e. The lowest BCUT2D eigenvalue weighted by molar-refractivity contribution is 0.0691. The van der Waals surface area contributed by atoms with E-state index in [0.29, 0.717) is 54.9 Å². The summed E-state index contributed by atoms with van der Waals surface area (Å²) in [6.45, 7) is 3.66. The van der Waals surface area contributed by atoms with Crippen molar-refractivity contribution < 1.29 is 19.2 Å². The zero-order chi connectivity index (χ0) is 17.6.